The van der Waals surface area contributed by atoms with Crippen molar-refractivity contribution in [2.45, 2.75) is 39.4 Å². The standard InChI is InChI=1S/C8H18OSi/c1-6-8(3)9-10(4,5)7-2/h3,6-7H2,1-2,4-5H3. The highest BCUT2D eigenvalue weighted by Gasteiger charge is 2.20. The Kier molecular flexibility index (Phi) is 3.72. The second kappa shape index (κ2) is 3.81. The molecule has 0 atom stereocenters. The topological polar surface area (TPSA) is 9.23 Å². The van der Waals surface area contributed by atoms with Crippen molar-refractivity contribution in [3.05, 3.63) is 12.3 Å². The van der Waals surface area contributed by atoms with Crippen LogP contribution < -0.4 is 0 Å². The van der Waals surface area contributed by atoms with E-state index in [9.17, 15) is 0 Å². The molecule has 0 aromatic rings. The Morgan fingerprint density at radius 3 is 2.20 bits per heavy atom. The van der Waals surface area contributed by atoms with Crippen LogP contribution in [0.4, 0.5) is 0 Å². The molecule has 0 aliphatic carbocycles. The smallest absolute Gasteiger partial charge is 0.244 e. The summed E-state index contributed by atoms with van der Waals surface area (Å²) in [7, 11) is -1.36. The molecule has 0 fully saturated rings. The van der Waals surface area contributed by atoms with Gasteiger partial charge in [-0.2, -0.15) is 0 Å². The third-order valence-electron chi connectivity index (χ3n) is 1.67. The molecule has 0 aliphatic rings. The molecule has 0 saturated heterocycles. The summed E-state index contributed by atoms with van der Waals surface area (Å²) in [6.07, 6.45) is 0.941. The first-order valence-electron chi connectivity index (χ1n) is 3.88. The highest BCUT2D eigenvalue weighted by Crippen LogP contribution is 2.15. The van der Waals surface area contributed by atoms with E-state index in [1.54, 1.807) is 0 Å². The van der Waals surface area contributed by atoms with E-state index in [0.29, 0.717) is 0 Å². The average Bonchev–Trinajstić information content (AvgIpc) is 1.87. The van der Waals surface area contributed by atoms with Crippen molar-refractivity contribution in [3.8, 4) is 0 Å². The van der Waals surface area contributed by atoms with Gasteiger partial charge in [0.05, 0.1) is 5.76 Å². The second-order valence-corrected chi connectivity index (χ2v) is 7.54. The SMILES string of the molecule is C=C(CC)O[Si](C)(C)CC. The van der Waals surface area contributed by atoms with Gasteiger partial charge in [-0.1, -0.05) is 20.4 Å². The van der Waals surface area contributed by atoms with Crippen LogP contribution in [0.2, 0.25) is 19.1 Å². The fourth-order valence-electron chi connectivity index (χ4n) is 0.535. The first-order chi connectivity index (χ1) is 4.52. The highest BCUT2D eigenvalue weighted by molar-refractivity contribution is 6.71. The van der Waals surface area contributed by atoms with Crippen molar-refractivity contribution in [1.29, 1.82) is 0 Å². The summed E-state index contributed by atoms with van der Waals surface area (Å²) in [5.74, 6) is 0.943. The minimum atomic E-state index is -1.36. The molecule has 0 aliphatic heterocycles. The molecule has 0 radical (unpaired) electrons. The van der Waals surface area contributed by atoms with E-state index in [4.69, 9.17) is 4.43 Å². The van der Waals surface area contributed by atoms with Gasteiger partial charge in [0.1, 0.15) is 0 Å². The zero-order chi connectivity index (χ0) is 8.20. The first-order valence-corrected chi connectivity index (χ1v) is 7.00. The minimum Gasteiger partial charge on any atom is -0.548 e. The fraction of sp³-hybridized carbons (Fsp3) is 0.750. The molecule has 0 rings (SSSR count). The minimum absolute atomic E-state index is 0.941. The number of hydrogen-bond acceptors (Lipinski definition) is 1. The van der Waals surface area contributed by atoms with Gasteiger partial charge in [0.2, 0.25) is 8.32 Å². The quantitative estimate of drug-likeness (QED) is 0.451. The Morgan fingerprint density at radius 2 is 1.90 bits per heavy atom. The van der Waals surface area contributed by atoms with Crippen LogP contribution in [0.15, 0.2) is 12.3 Å². The van der Waals surface area contributed by atoms with E-state index in [-0.39, 0.29) is 0 Å². The molecule has 0 amide bonds. The van der Waals surface area contributed by atoms with Gasteiger partial charge in [-0.15, -0.1) is 0 Å². The van der Waals surface area contributed by atoms with E-state index in [1.165, 1.54) is 0 Å². The maximum Gasteiger partial charge on any atom is 0.244 e. The molecule has 0 aromatic carbocycles. The van der Waals surface area contributed by atoms with Gasteiger partial charge in [-0.25, -0.2) is 0 Å². The Morgan fingerprint density at radius 1 is 1.40 bits per heavy atom. The molecule has 0 heterocycles. The zero-order valence-electron chi connectivity index (χ0n) is 7.53. The van der Waals surface area contributed by atoms with E-state index < -0.39 is 8.32 Å². The summed E-state index contributed by atoms with van der Waals surface area (Å²) in [6.45, 7) is 12.5. The molecular weight excluding hydrogens is 140 g/mol. The van der Waals surface area contributed by atoms with Gasteiger partial charge < -0.3 is 4.43 Å². The van der Waals surface area contributed by atoms with Gasteiger partial charge in [0, 0.05) is 0 Å². The maximum absolute atomic E-state index is 5.68. The lowest BCUT2D eigenvalue weighted by molar-refractivity contribution is 0.403. The van der Waals surface area contributed by atoms with E-state index in [0.717, 1.165) is 18.2 Å². The summed E-state index contributed by atoms with van der Waals surface area (Å²) < 4.78 is 5.68. The van der Waals surface area contributed by atoms with E-state index in [1.807, 2.05) is 0 Å². The third-order valence-corrected chi connectivity index (χ3v) is 4.21. The molecule has 0 N–H and O–H groups in total. The van der Waals surface area contributed by atoms with Crippen LogP contribution in [-0.4, -0.2) is 8.32 Å². The predicted octanol–water partition coefficient (Wildman–Crippen LogP) is 3.15. The lowest BCUT2D eigenvalue weighted by Gasteiger charge is -2.23. The van der Waals surface area contributed by atoms with Crippen molar-refractivity contribution in [1.82, 2.24) is 0 Å². The van der Waals surface area contributed by atoms with Crippen molar-refractivity contribution >= 4 is 8.32 Å². The summed E-state index contributed by atoms with van der Waals surface area (Å²) >= 11 is 0. The van der Waals surface area contributed by atoms with E-state index >= 15 is 0 Å². The van der Waals surface area contributed by atoms with Crippen molar-refractivity contribution in [2.75, 3.05) is 0 Å². The molecule has 2 heteroatoms. The molecule has 60 valence electrons. The summed E-state index contributed by atoms with van der Waals surface area (Å²) in [5, 5.41) is 0. The monoisotopic (exact) mass is 158 g/mol. The van der Waals surface area contributed by atoms with Gasteiger partial charge in [0.15, 0.2) is 0 Å². The summed E-state index contributed by atoms with van der Waals surface area (Å²) in [5.41, 5.74) is 0. The molecular formula is C8H18OSi. The number of allylic oxidation sites excluding steroid dienone is 1. The van der Waals surface area contributed by atoms with Crippen LogP contribution in [0, 0.1) is 0 Å². The van der Waals surface area contributed by atoms with Crippen LogP contribution in [0.1, 0.15) is 20.3 Å². The second-order valence-electron chi connectivity index (χ2n) is 3.11. The largest absolute Gasteiger partial charge is 0.548 e. The highest BCUT2D eigenvalue weighted by atomic mass is 28.4. The third kappa shape index (κ3) is 3.72. The van der Waals surface area contributed by atoms with Crippen molar-refractivity contribution < 1.29 is 4.43 Å². The molecule has 0 aromatic heterocycles. The van der Waals surface area contributed by atoms with E-state index in [2.05, 4.69) is 33.5 Å². The Bertz CT molecular complexity index is 118. The fourth-order valence-corrected chi connectivity index (χ4v) is 1.61. The molecule has 0 bridgehead atoms. The van der Waals surface area contributed by atoms with Gasteiger partial charge in [-0.05, 0) is 25.6 Å². The maximum atomic E-state index is 5.68. The van der Waals surface area contributed by atoms with Crippen LogP contribution in [0.3, 0.4) is 0 Å². The lowest BCUT2D eigenvalue weighted by atomic mass is 10.4. The Labute approximate surface area is 65.2 Å². The van der Waals surface area contributed by atoms with Crippen molar-refractivity contribution in [3.63, 3.8) is 0 Å². The van der Waals surface area contributed by atoms with Gasteiger partial charge in [-0.3, -0.25) is 0 Å². The van der Waals surface area contributed by atoms with Crippen LogP contribution >= 0.6 is 0 Å². The van der Waals surface area contributed by atoms with Crippen molar-refractivity contribution in [2.24, 2.45) is 0 Å². The molecule has 1 nitrogen and oxygen atoms in total. The van der Waals surface area contributed by atoms with Crippen LogP contribution in [-0.2, 0) is 4.43 Å². The van der Waals surface area contributed by atoms with Crippen LogP contribution in [0.5, 0.6) is 0 Å². The Hall–Kier alpha value is -0.243. The molecule has 0 saturated carbocycles. The Balaban J connectivity index is 3.76. The molecule has 0 spiro atoms. The predicted molar refractivity (Wildman–Crippen MR) is 48.5 cm³/mol. The lowest BCUT2D eigenvalue weighted by Crippen LogP contribution is -2.28. The van der Waals surface area contributed by atoms with Gasteiger partial charge in [0.25, 0.3) is 0 Å². The molecule has 0 unspecified atom stereocenters. The average molecular weight is 158 g/mol. The zero-order valence-corrected chi connectivity index (χ0v) is 8.53. The first kappa shape index (κ1) is 9.76. The summed E-state index contributed by atoms with van der Waals surface area (Å²) in [4.78, 5) is 0. The van der Waals surface area contributed by atoms with Gasteiger partial charge >= 0.3 is 0 Å². The molecule has 10 heavy (non-hydrogen) atoms. The number of hydrogen-bond donors (Lipinski definition) is 0. The number of rotatable bonds is 4. The summed E-state index contributed by atoms with van der Waals surface area (Å²) in [6, 6.07) is 1.16. The van der Waals surface area contributed by atoms with Crippen LogP contribution in [0.25, 0.3) is 0 Å². The normalized spacial score (nSPS) is 11.2.